The number of esters is 1. The number of rotatable bonds is 7. The first kappa shape index (κ1) is 22.0. The molecule has 0 aliphatic heterocycles. The molecule has 9 nitrogen and oxygen atoms in total. The van der Waals surface area contributed by atoms with Crippen LogP contribution in [0, 0.1) is 0 Å². The Hall–Kier alpha value is -2.70. The number of nitrogens with zero attached hydrogens (tertiary/aromatic N) is 3. The van der Waals surface area contributed by atoms with E-state index < -0.39 is 23.6 Å². The van der Waals surface area contributed by atoms with Gasteiger partial charge in [-0.25, -0.2) is 19.6 Å². The summed E-state index contributed by atoms with van der Waals surface area (Å²) >= 11 is 3.36. The highest BCUT2D eigenvalue weighted by Gasteiger charge is 2.30. The molecule has 1 aromatic carbocycles. The largest absolute Gasteiger partial charge is 0.457 e. The van der Waals surface area contributed by atoms with Gasteiger partial charge in [-0.15, -0.1) is 22.7 Å². The zero-order chi connectivity index (χ0) is 21.7. The van der Waals surface area contributed by atoms with E-state index in [4.69, 9.17) is 19.5 Å². The summed E-state index contributed by atoms with van der Waals surface area (Å²) in [4.78, 5) is 37.9. The van der Waals surface area contributed by atoms with E-state index in [2.05, 4.69) is 15.1 Å². The van der Waals surface area contributed by atoms with Crippen LogP contribution in [0.15, 0.2) is 39.1 Å². The Morgan fingerprint density at radius 3 is 2.70 bits per heavy atom. The lowest BCUT2D eigenvalue weighted by atomic mass is 10.2. The van der Waals surface area contributed by atoms with Crippen LogP contribution in [0.3, 0.4) is 0 Å². The van der Waals surface area contributed by atoms with Gasteiger partial charge in [-0.05, 0) is 32.9 Å². The molecular weight excluding hydrogens is 448 g/mol. The molecule has 0 fully saturated rings. The standard InChI is InChI=1S/C18H18N4O5S3/c1-18(2,3)25-15(24)14(11-9-28-16(19)21-11)26-20-8-13(23)27-30-17-22-10-6-4-5-7-12(10)29-17/h4-9,14H,1-3H3,(H2,19,21). The van der Waals surface area contributed by atoms with Gasteiger partial charge in [0.2, 0.25) is 0 Å². The van der Waals surface area contributed by atoms with Crippen LogP contribution < -0.4 is 5.73 Å². The molecule has 2 heterocycles. The molecule has 0 radical (unpaired) electrons. The van der Waals surface area contributed by atoms with Crippen LogP contribution in [-0.4, -0.2) is 33.7 Å². The topological polar surface area (TPSA) is 126 Å². The fourth-order valence-electron chi connectivity index (χ4n) is 2.11. The van der Waals surface area contributed by atoms with E-state index in [1.165, 1.54) is 11.3 Å². The minimum atomic E-state index is -1.27. The Morgan fingerprint density at radius 1 is 1.27 bits per heavy atom. The smallest absolute Gasteiger partial charge is 0.365 e. The molecule has 158 valence electrons. The van der Waals surface area contributed by atoms with Crippen molar-refractivity contribution in [2.24, 2.45) is 5.16 Å². The van der Waals surface area contributed by atoms with E-state index in [0.717, 1.165) is 39.8 Å². The monoisotopic (exact) mass is 466 g/mol. The van der Waals surface area contributed by atoms with E-state index in [9.17, 15) is 9.59 Å². The first-order chi connectivity index (χ1) is 14.2. The van der Waals surface area contributed by atoms with Gasteiger partial charge >= 0.3 is 11.9 Å². The average molecular weight is 467 g/mol. The number of oxime groups is 1. The summed E-state index contributed by atoms with van der Waals surface area (Å²) in [6, 6.07) is 7.58. The zero-order valence-corrected chi connectivity index (χ0v) is 18.7. The van der Waals surface area contributed by atoms with E-state index in [-0.39, 0.29) is 10.8 Å². The summed E-state index contributed by atoms with van der Waals surface area (Å²) in [6.07, 6.45) is -0.452. The highest BCUT2D eigenvalue weighted by Crippen LogP contribution is 2.30. The highest BCUT2D eigenvalue weighted by atomic mass is 32.2. The summed E-state index contributed by atoms with van der Waals surface area (Å²) in [5.74, 6) is -1.48. The van der Waals surface area contributed by atoms with Gasteiger partial charge in [0.1, 0.15) is 23.3 Å². The third-order valence-electron chi connectivity index (χ3n) is 3.22. The zero-order valence-electron chi connectivity index (χ0n) is 16.2. The van der Waals surface area contributed by atoms with Crippen molar-refractivity contribution in [1.82, 2.24) is 9.97 Å². The molecule has 0 aliphatic rings. The summed E-state index contributed by atoms with van der Waals surface area (Å²) in [5, 5.41) is 5.37. The molecule has 1 unspecified atom stereocenters. The van der Waals surface area contributed by atoms with Gasteiger partial charge in [0.15, 0.2) is 15.7 Å². The Kier molecular flexibility index (Phi) is 6.90. The fourth-order valence-corrected chi connectivity index (χ4v) is 4.23. The Labute approximate surface area is 184 Å². The van der Waals surface area contributed by atoms with E-state index in [1.807, 2.05) is 24.3 Å². The Bertz CT molecular complexity index is 1040. The van der Waals surface area contributed by atoms with Crippen molar-refractivity contribution in [3.8, 4) is 0 Å². The summed E-state index contributed by atoms with van der Waals surface area (Å²) in [6.45, 7) is 5.16. The molecule has 0 saturated carbocycles. The van der Waals surface area contributed by atoms with Crippen LogP contribution in [0.4, 0.5) is 5.13 Å². The van der Waals surface area contributed by atoms with Crippen LogP contribution in [0.25, 0.3) is 10.2 Å². The number of para-hydroxylation sites is 1. The summed E-state index contributed by atoms with van der Waals surface area (Å²) in [7, 11) is 0. The van der Waals surface area contributed by atoms with Crippen molar-refractivity contribution in [1.29, 1.82) is 0 Å². The molecule has 0 bridgehead atoms. The predicted molar refractivity (Wildman–Crippen MR) is 116 cm³/mol. The molecule has 12 heteroatoms. The van der Waals surface area contributed by atoms with E-state index in [1.54, 1.807) is 26.2 Å². The van der Waals surface area contributed by atoms with Gasteiger partial charge in [-0.1, -0.05) is 17.3 Å². The molecule has 30 heavy (non-hydrogen) atoms. The number of thiazole rings is 2. The van der Waals surface area contributed by atoms with Crippen molar-refractivity contribution in [3.63, 3.8) is 0 Å². The Balaban J connectivity index is 1.59. The first-order valence-corrected chi connectivity index (χ1v) is 11.0. The maximum Gasteiger partial charge on any atom is 0.365 e. The van der Waals surface area contributed by atoms with Gasteiger partial charge in [0, 0.05) is 5.38 Å². The van der Waals surface area contributed by atoms with Crippen molar-refractivity contribution < 1.29 is 23.3 Å². The number of carbonyl (C=O) groups excluding carboxylic acids is 2. The lowest BCUT2D eigenvalue weighted by molar-refractivity contribution is -0.169. The quantitative estimate of drug-likeness (QED) is 0.238. The second-order valence-electron chi connectivity index (χ2n) is 6.80. The highest BCUT2D eigenvalue weighted by molar-refractivity contribution is 7.97. The molecular formula is C18H18N4O5S3. The number of nitrogen functional groups attached to an aromatic ring is 1. The molecule has 3 aromatic rings. The molecule has 1 atom stereocenters. The van der Waals surface area contributed by atoms with Crippen LogP contribution in [-0.2, 0) is 23.3 Å². The molecule has 0 saturated heterocycles. The minimum absolute atomic E-state index is 0.237. The predicted octanol–water partition coefficient (Wildman–Crippen LogP) is 3.97. The number of nitrogens with two attached hydrogens (primary N) is 1. The van der Waals surface area contributed by atoms with Crippen LogP contribution in [0.2, 0.25) is 0 Å². The van der Waals surface area contributed by atoms with Crippen LogP contribution >= 0.6 is 34.7 Å². The normalized spacial score (nSPS) is 12.8. The number of ether oxygens (including phenoxy) is 1. The van der Waals surface area contributed by atoms with Gasteiger partial charge < -0.3 is 19.5 Å². The molecule has 0 aliphatic carbocycles. The fraction of sp³-hybridized carbons (Fsp3) is 0.278. The maximum absolute atomic E-state index is 12.4. The van der Waals surface area contributed by atoms with Gasteiger partial charge in [0.05, 0.1) is 10.2 Å². The van der Waals surface area contributed by atoms with Crippen molar-refractivity contribution in [2.75, 3.05) is 5.73 Å². The molecule has 3 rings (SSSR count). The lowest BCUT2D eigenvalue weighted by Crippen LogP contribution is -2.28. The number of carbonyl (C=O) groups is 2. The van der Waals surface area contributed by atoms with E-state index in [0.29, 0.717) is 4.34 Å². The van der Waals surface area contributed by atoms with Gasteiger partial charge in [0.25, 0.3) is 6.10 Å². The second-order valence-corrected chi connectivity index (χ2v) is 9.70. The third-order valence-corrected chi connectivity index (χ3v) is 5.68. The first-order valence-electron chi connectivity index (χ1n) is 8.58. The van der Waals surface area contributed by atoms with Gasteiger partial charge in [-0.3, -0.25) is 0 Å². The number of anilines is 1. The SMILES string of the molecule is CC(C)(C)OC(=O)C(ON=CC(=O)OSc1nc2ccccc2s1)c1csc(N)n1. The molecule has 0 amide bonds. The van der Waals surface area contributed by atoms with E-state index >= 15 is 0 Å². The second kappa shape index (κ2) is 9.41. The number of aromatic nitrogens is 2. The number of hydrogen-bond acceptors (Lipinski definition) is 12. The van der Waals surface area contributed by atoms with Crippen LogP contribution in [0.1, 0.15) is 32.6 Å². The number of hydrogen-bond donors (Lipinski definition) is 1. The summed E-state index contributed by atoms with van der Waals surface area (Å²) in [5.41, 5.74) is 5.94. The molecule has 2 N–H and O–H groups in total. The Morgan fingerprint density at radius 2 is 2.03 bits per heavy atom. The van der Waals surface area contributed by atoms with Crippen molar-refractivity contribution in [3.05, 3.63) is 35.3 Å². The van der Waals surface area contributed by atoms with Crippen molar-refractivity contribution >= 4 is 68.2 Å². The molecule has 0 spiro atoms. The number of fused-ring (bicyclic) bond motifs is 1. The van der Waals surface area contributed by atoms with Gasteiger partial charge in [-0.2, -0.15) is 0 Å². The van der Waals surface area contributed by atoms with Crippen molar-refractivity contribution in [2.45, 2.75) is 36.8 Å². The minimum Gasteiger partial charge on any atom is -0.457 e. The van der Waals surface area contributed by atoms with Crippen LogP contribution in [0.5, 0.6) is 0 Å². The number of benzene rings is 1. The maximum atomic E-state index is 12.4. The summed E-state index contributed by atoms with van der Waals surface area (Å²) < 4.78 is 11.9. The average Bonchev–Trinajstić information content (AvgIpc) is 3.27. The third kappa shape index (κ3) is 6.15. The molecule has 2 aromatic heterocycles. The lowest BCUT2D eigenvalue weighted by Gasteiger charge is -2.22.